The molecule has 1 unspecified atom stereocenters. The molecule has 0 fully saturated rings. The lowest BCUT2D eigenvalue weighted by atomic mass is 10.0. The van der Waals surface area contributed by atoms with Crippen molar-refractivity contribution in [3.8, 4) is 12.3 Å². The average Bonchev–Trinajstić information content (AvgIpc) is 2.27. The van der Waals surface area contributed by atoms with Crippen molar-refractivity contribution in [3.05, 3.63) is 35.4 Å². The first kappa shape index (κ1) is 15.2. The fourth-order valence-electron chi connectivity index (χ4n) is 1.41. The number of halogens is 3. The summed E-state index contributed by atoms with van der Waals surface area (Å²) in [7, 11) is 0. The molecule has 0 amide bonds. The van der Waals surface area contributed by atoms with Crippen molar-refractivity contribution in [3.63, 3.8) is 0 Å². The van der Waals surface area contributed by atoms with E-state index in [1.807, 2.05) is 31.2 Å². The molecule has 1 aromatic rings. The van der Waals surface area contributed by atoms with Crippen LogP contribution in [-0.4, -0.2) is 9.69 Å². The first-order chi connectivity index (χ1) is 8.34. The lowest BCUT2D eigenvalue weighted by Crippen LogP contribution is -2.23. The second kappa shape index (κ2) is 6.33. The van der Waals surface area contributed by atoms with Crippen LogP contribution in [-0.2, 0) is 4.74 Å². The second-order valence-corrected chi connectivity index (χ2v) is 6.04. The molecule has 2 nitrogen and oxygen atoms in total. The number of hydrogen-bond acceptors (Lipinski definition) is 2. The maximum absolute atomic E-state index is 7.57. The van der Waals surface area contributed by atoms with Gasteiger partial charge in [-0.25, -0.2) is 0 Å². The summed E-state index contributed by atoms with van der Waals surface area (Å²) in [6, 6.07) is 7.63. The van der Waals surface area contributed by atoms with E-state index < -0.39 is 15.8 Å². The number of benzene rings is 1. The third-order valence-corrected chi connectivity index (χ3v) is 2.75. The standard InChI is InChI=1S/C13H12Cl3NO/c1-3-5-11(18-12(17)13(14,15)16)10-7-4-6-9(2)8-10/h1,4,6-8,11,17H,5H2,2H3. The molecule has 1 aromatic carbocycles. The predicted octanol–water partition coefficient (Wildman–Crippen LogP) is 4.42. The van der Waals surface area contributed by atoms with E-state index in [1.165, 1.54) is 0 Å². The largest absolute Gasteiger partial charge is 0.469 e. The molecule has 0 saturated carbocycles. The minimum absolute atomic E-state index is 0.298. The van der Waals surface area contributed by atoms with Gasteiger partial charge in [0.05, 0.1) is 6.42 Å². The van der Waals surface area contributed by atoms with Crippen molar-refractivity contribution in [1.29, 1.82) is 5.41 Å². The van der Waals surface area contributed by atoms with Gasteiger partial charge in [-0.05, 0) is 12.5 Å². The highest BCUT2D eigenvalue weighted by Crippen LogP contribution is 2.31. The summed E-state index contributed by atoms with van der Waals surface area (Å²) >= 11 is 16.7. The highest BCUT2D eigenvalue weighted by Gasteiger charge is 2.31. The van der Waals surface area contributed by atoms with Crippen LogP contribution in [0.5, 0.6) is 0 Å². The van der Waals surface area contributed by atoms with Crippen LogP contribution < -0.4 is 0 Å². The topological polar surface area (TPSA) is 33.1 Å². The first-order valence-electron chi connectivity index (χ1n) is 5.17. The van der Waals surface area contributed by atoms with Gasteiger partial charge in [0.2, 0.25) is 5.90 Å². The van der Waals surface area contributed by atoms with Gasteiger partial charge in [0.1, 0.15) is 6.10 Å². The Morgan fingerprint density at radius 1 is 1.50 bits per heavy atom. The lowest BCUT2D eigenvalue weighted by Gasteiger charge is -2.21. The Hall–Kier alpha value is -0.880. The third-order valence-electron chi connectivity index (χ3n) is 2.23. The summed E-state index contributed by atoms with van der Waals surface area (Å²) < 4.78 is 3.46. The summed E-state index contributed by atoms with van der Waals surface area (Å²) in [6.45, 7) is 1.96. The van der Waals surface area contributed by atoms with Crippen LogP contribution in [0.4, 0.5) is 0 Å². The molecule has 5 heteroatoms. The molecule has 0 heterocycles. The van der Waals surface area contributed by atoms with E-state index in [9.17, 15) is 0 Å². The number of aryl methyl sites for hydroxylation is 1. The van der Waals surface area contributed by atoms with Crippen LogP contribution >= 0.6 is 34.8 Å². The van der Waals surface area contributed by atoms with Crippen molar-refractivity contribution in [2.24, 2.45) is 0 Å². The summed E-state index contributed by atoms with van der Waals surface area (Å²) in [4.78, 5) is 0. The van der Waals surface area contributed by atoms with Gasteiger partial charge in [0, 0.05) is 0 Å². The number of alkyl halides is 3. The average molecular weight is 305 g/mol. The second-order valence-electron chi connectivity index (χ2n) is 3.76. The Balaban J connectivity index is 2.91. The Labute approximate surface area is 122 Å². The number of nitrogens with one attached hydrogen (secondary N) is 1. The zero-order valence-electron chi connectivity index (χ0n) is 9.71. The van der Waals surface area contributed by atoms with Gasteiger partial charge in [-0.2, -0.15) is 0 Å². The van der Waals surface area contributed by atoms with Crippen molar-refractivity contribution >= 4 is 40.7 Å². The highest BCUT2D eigenvalue weighted by molar-refractivity contribution is 6.76. The van der Waals surface area contributed by atoms with Gasteiger partial charge in [-0.3, -0.25) is 5.41 Å². The minimum Gasteiger partial charge on any atom is -0.469 e. The van der Waals surface area contributed by atoms with Gasteiger partial charge in [-0.1, -0.05) is 64.6 Å². The minimum atomic E-state index is -1.88. The Morgan fingerprint density at radius 2 is 2.17 bits per heavy atom. The van der Waals surface area contributed by atoms with Crippen LogP contribution in [0.1, 0.15) is 23.7 Å². The molecule has 1 N–H and O–H groups in total. The number of hydrogen-bond donors (Lipinski definition) is 1. The van der Waals surface area contributed by atoms with E-state index in [-0.39, 0.29) is 0 Å². The van der Waals surface area contributed by atoms with Crippen molar-refractivity contribution in [2.75, 3.05) is 0 Å². The molecule has 0 aromatic heterocycles. The van der Waals surface area contributed by atoms with Gasteiger partial charge in [-0.15, -0.1) is 12.3 Å². The van der Waals surface area contributed by atoms with Gasteiger partial charge in [0.15, 0.2) is 0 Å². The molecule has 96 valence electrons. The molecule has 0 spiro atoms. The SMILES string of the molecule is C#CCC(OC(=N)C(Cl)(Cl)Cl)c1cccc(C)c1. The predicted molar refractivity (Wildman–Crippen MR) is 76.5 cm³/mol. The van der Waals surface area contributed by atoms with E-state index >= 15 is 0 Å². The number of ether oxygens (including phenoxy) is 1. The zero-order chi connectivity index (χ0) is 13.8. The van der Waals surface area contributed by atoms with Crippen molar-refractivity contribution in [1.82, 2.24) is 0 Å². The van der Waals surface area contributed by atoms with Crippen LogP contribution in [0, 0.1) is 24.7 Å². The fraction of sp³-hybridized carbons (Fsp3) is 0.308. The van der Waals surface area contributed by atoms with Gasteiger partial charge >= 0.3 is 0 Å². The molecule has 18 heavy (non-hydrogen) atoms. The Morgan fingerprint density at radius 3 is 2.67 bits per heavy atom. The highest BCUT2D eigenvalue weighted by atomic mass is 35.6. The van der Waals surface area contributed by atoms with Crippen LogP contribution in [0.2, 0.25) is 0 Å². The zero-order valence-corrected chi connectivity index (χ0v) is 12.0. The molecule has 0 aliphatic carbocycles. The molecule has 0 bridgehead atoms. The van der Waals surface area contributed by atoms with E-state index in [1.54, 1.807) is 0 Å². The monoisotopic (exact) mass is 303 g/mol. The summed E-state index contributed by atoms with van der Waals surface area (Å²) in [5.74, 6) is 2.06. The Kier molecular flexibility index (Phi) is 5.34. The van der Waals surface area contributed by atoms with Gasteiger partial charge in [0.25, 0.3) is 3.79 Å². The van der Waals surface area contributed by atoms with Crippen molar-refractivity contribution in [2.45, 2.75) is 23.2 Å². The van der Waals surface area contributed by atoms with E-state index in [4.69, 9.17) is 51.4 Å². The molecular formula is C13H12Cl3NO. The summed E-state index contributed by atoms with van der Waals surface area (Å²) in [5, 5.41) is 7.57. The molecule has 0 aliphatic heterocycles. The molecule has 0 aliphatic rings. The lowest BCUT2D eigenvalue weighted by molar-refractivity contribution is 0.191. The summed E-state index contributed by atoms with van der Waals surface area (Å²) in [6.07, 6.45) is 5.10. The van der Waals surface area contributed by atoms with Gasteiger partial charge < -0.3 is 4.74 Å². The smallest absolute Gasteiger partial charge is 0.265 e. The molecule has 1 rings (SSSR count). The molecular weight excluding hydrogens is 293 g/mol. The normalized spacial score (nSPS) is 12.6. The number of terminal acetylenes is 1. The molecule has 1 atom stereocenters. The third kappa shape index (κ3) is 4.42. The fourth-order valence-corrected chi connectivity index (χ4v) is 1.55. The quantitative estimate of drug-likeness (QED) is 0.381. The van der Waals surface area contributed by atoms with E-state index in [0.717, 1.165) is 11.1 Å². The number of rotatable bonds is 3. The van der Waals surface area contributed by atoms with Crippen LogP contribution in [0.15, 0.2) is 24.3 Å². The summed E-state index contributed by atoms with van der Waals surface area (Å²) in [5.41, 5.74) is 1.92. The maximum Gasteiger partial charge on any atom is 0.265 e. The van der Waals surface area contributed by atoms with Crippen LogP contribution in [0.25, 0.3) is 0 Å². The van der Waals surface area contributed by atoms with Crippen LogP contribution in [0.3, 0.4) is 0 Å². The maximum atomic E-state index is 7.57. The molecule has 0 radical (unpaired) electrons. The first-order valence-corrected chi connectivity index (χ1v) is 6.30. The Bertz CT molecular complexity index is 474. The van der Waals surface area contributed by atoms with Crippen molar-refractivity contribution < 1.29 is 4.74 Å². The van der Waals surface area contributed by atoms with E-state index in [0.29, 0.717) is 6.42 Å². The molecule has 0 saturated heterocycles. The van der Waals surface area contributed by atoms with E-state index in [2.05, 4.69) is 5.92 Å².